The van der Waals surface area contributed by atoms with Crippen molar-refractivity contribution in [3.8, 4) is 0 Å². The fraction of sp³-hybridized carbons (Fsp3) is 0.333. The van der Waals surface area contributed by atoms with Crippen LogP contribution in [0.15, 0.2) is 90.6 Å². The molecule has 218 valence electrons. The van der Waals surface area contributed by atoms with Gasteiger partial charge >= 0.3 is 12.1 Å². The Kier molecular flexibility index (Phi) is 8.68. The van der Waals surface area contributed by atoms with Gasteiger partial charge in [-0.05, 0) is 49.9 Å². The van der Waals surface area contributed by atoms with Crippen molar-refractivity contribution in [3.63, 3.8) is 0 Å². The number of pyridine rings is 1. The second-order valence-electron chi connectivity index (χ2n) is 11.3. The SMILES string of the molecule is CN(C)CCNC(=O)OC[C@]1(C)CC2/C(=C\c3ccccn3)C(=O)N2[C@H]1C(=O)OC(c1ccccc1)c1ccccc1. The highest BCUT2D eigenvalue weighted by Crippen LogP contribution is 2.50. The molecule has 3 heterocycles. The standard InChI is InChI=1S/C33H36N4O5/c1-33(22-41-32(40)35-18-19-36(2)3)21-27-26(20-25-16-10-11-17-34-25)30(38)37(27)29(33)31(39)42-28(23-12-6-4-7-13-23)24-14-8-5-9-15-24/h4-17,20,27-29H,18-19,21-22H2,1-3H3,(H,35,40)/b26-20+/t27?,29-,33-/m0/s1. The van der Waals surface area contributed by atoms with Crippen molar-refractivity contribution in [2.45, 2.75) is 31.5 Å². The van der Waals surface area contributed by atoms with Gasteiger partial charge in [-0.1, -0.05) is 73.7 Å². The van der Waals surface area contributed by atoms with E-state index in [0.29, 0.717) is 30.8 Å². The number of ether oxygens (including phenoxy) is 2. The van der Waals surface area contributed by atoms with Crippen molar-refractivity contribution in [1.82, 2.24) is 20.1 Å². The van der Waals surface area contributed by atoms with Crippen LogP contribution in [0.5, 0.6) is 0 Å². The van der Waals surface area contributed by atoms with Crippen LogP contribution >= 0.6 is 0 Å². The molecule has 3 atom stereocenters. The summed E-state index contributed by atoms with van der Waals surface area (Å²) in [7, 11) is 3.83. The topological polar surface area (TPSA) is 101 Å². The zero-order valence-corrected chi connectivity index (χ0v) is 24.1. The summed E-state index contributed by atoms with van der Waals surface area (Å²) in [6.45, 7) is 2.90. The van der Waals surface area contributed by atoms with E-state index in [4.69, 9.17) is 9.47 Å². The summed E-state index contributed by atoms with van der Waals surface area (Å²) in [5, 5.41) is 2.74. The van der Waals surface area contributed by atoms with Gasteiger partial charge in [0.05, 0.1) is 11.7 Å². The minimum atomic E-state index is -0.944. The number of amides is 2. The van der Waals surface area contributed by atoms with Gasteiger partial charge in [0.25, 0.3) is 5.91 Å². The average Bonchev–Trinajstić information content (AvgIpc) is 3.28. The van der Waals surface area contributed by atoms with Crippen molar-refractivity contribution < 1.29 is 23.9 Å². The van der Waals surface area contributed by atoms with Gasteiger partial charge < -0.3 is 24.6 Å². The highest BCUT2D eigenvalue weighted by atomic mass is 16.6. The van der Waals surface area contributed by atoms with Crippen LogP contribution in [0.2, 0.25) is 0 Å². The minimum absolute atomic E-state index is 0.0565. The third-order valence-corrected chi connectivity index (χ3v) is 7.79. The normalized spacial score (nSPS) is 22.2. The number of aromatic nitrogens is 1. The third kappa shape index (κ3) is 6.21. The number of carbonyl (C=O) groups excluding carboxylic acids is 3. The molecule has 2 aliphatic heterocycles. The highest BCUT2D eigenvalue weighted by Gasteiger charge is 2.63. The number of esters is 1. The van der Waals surface area contributed by atoms with Gasteiger partial charge in [0, 0.05) is 30.3 Å². The van der Waals surface area contributed by atoms with E-state index in [1.54, 1.807) is 17.2 Å². The van der Waals surface area contributed by atoms with Crippen LogP contribution in [-0.4, -0.2) is 78.6 Å². The van der Waals surface area contributed by atoms with E-state index in [2.05, 4.69) is 10.3 Å². The molecular formula is C33H36N4O5. The largest absolute Gasteiger partial charge is 0.451 e. The molecule has 42 heavy (non-hydrogen) atoms. The van der Waals surface area contributed by atoms with Crippen LogP contribution in [0.25, 0.3) is 6.08 Å². The monoisotopic (exact) mass is 568 g/mol. The lowest BCUT2D eigenvalue weighted by Gasteiger charge is -2.41. The van der Waals surface area contributed by atoms with Crippen molar-refractivity contribution in [2.75, 3.05) is 33.8 Å². The number of nitrogens with zero attached hydrogens (tertiary/aromatic N) is 3. The van der Waals surface area contributed by atoms with Crippen LogP contribution in [0.3, 0.4) is 0 Å². The Morgan fingerprint density at radius 2 is 1.69 bits per heavy atom. The number of hydrogen-bond acceptors (Lipinski definition) is 7. The maximum Gasteiger partial charge on any atom is 0.407 e. The van der Waals surface area contributed by atoms with Gasteiger partial charge in [-0.3, -0.25) is 9.78 Å². The van der Waals surface area contributed by atoms with Crippen LogP contribution in [0.4, 0.5) is 4.79 Å². The summed E-state index contributed by atoms with van der Waals surface area (Å²) in [4.78, 5) is 48.0. The second-order valence-corrected chi connectivity index (χ2v) is 11.3. The Morgan fingerprint density at radius 3 is 2.29 bits per heavy atom. The molecular weight excluding hydrogens is 532 g/mol. The smallest absolute Gasteiger partial charge is 0.407 e. The summed E-state index contributed by atoms with van der Waals surface area (Å²) in [6.07, 6.45) is 2.63. The number of likely N-dealkylation sites (N-methyl/N-ethyl adjacent to an activating group) is 1. The van der Waals surface area contributed by atoms with Crippen molar-refractivity contribution in [2.24, 2.45) is 5.41 Å². The summed E-state index contributed by atoms with van der Waals surface area (Å²) >= 11 is 0. The zero-order chi connectivity index (χ0) is 29.7. The Hall–Kier alpha value is -4.50. The van der Waals surface area contributed by atoms with E-state index in [1.807, 2.05) is 105 Å². The van der Waals surface area contributed by atoms with E-state index < -0.39 is 29.6 Å². The number of hydrogen-bond donors (Lipinski definition) is 1. The number of rotatable bonds is 10. The number of fused-ring (bicyclic) bond motifs is 1. The molecule has 1 aromatic heterocycles. The first-order valence-corrected chi connectivity index (χ1v) is 14.1. The molecule has 2 aromatic carbocycles. The molecule has 9 nitrogen and oxygen atoms in total. The number of carbonyl (C=O) groups is 3. The van der Waals surface area contributed by atoms with Gasteiger partial charge in [0.1, 0.15) is 12.6 Å². The molecule has 2 aliphatic rings. The first-order chi connectivity index (χ1) is 20.3. The summed E-state index contributed by atoms with van der Waals surface area (Å²) in [5.74, 6) is -0.790. The van der Waals surface area contributed by atoms with E-state index >= 15 is 0 Å². The van der Waals surface area contributed by atoms with E-state index in [-0.39, 0.29) is 18.6 Å². The fourth-order valence-electron chi connectivity index (χ4n) is 5.65. The summed E-state index contributed by atoms with van der Waals surface area (Å²) in [6, 6.07) is 23.2. The Morgan fingerprint density at radius 1 is 1.05 bits per heavy atom. The number of nitrogens with one attached hydrogen (secondary N) is 1. The molecule has 0 spiro atoms. The van der Waals surface area contributed by atoms with Gasteiger partial charge in [-0.15, -0.1) is 0 Å². The van der Waals surface area contributed by atoms with E-state index in [9.17, 15) is 14.4 Å². The number of benzene rings is 2. The van der Waals surface area contributed by atoms with Gasteiger partial charge in [0.15, 0.2) is 6.10 Å². The van der Waals surface area contributed by atoms with Crippen molar-refractivity contribution >= 4 is 24.0 Å². The molecule has 2 fully saturated rings. The molecule has 1 unspecified atom stereocenters. The molecule has 5 rings (SSSR count). The molecule has 3 aromatic rings. The first kappa shape index (κ1) is 29.0. The molecule has 2 saturated heterocycles. The van der Waals surface area contributed by atoms with Crippen molar-refractivity contribution in [1.29, 1.82) is 0 Å². The van der Waals surface area contributed by atoms with Crippen LogP contribution < -0.4 is 5.32 Å². The minimum Gasteiger partial charge on any atom is -0.451 e. The number of alkyl carbamates (subject to hydrolysis) is 1. The molecule has 9 heteroatoms. The van der Waals surface area contributed by atoms with E-state index in [1.165, 1.54) is 0 Å². The maximum atomic E-state index is 14.1. The number of β-lactam (4-membered cyclic amide) rings is 1. The molecule has 2 amide bonds. The van der Waals surface area contributed by atoms with Gasteiger partial charge in [-0.2, -0.15) is 0 Å². The lowest BCUT2D eigenvalue weighted by atomic mass is 9.81. The Labute approximate surface area is 246 Å². The summed E-state index contributed by atoms with van der Waals surface area (Å²) < 4.78 is 11.9. The third-order valence-electron chi connectivity index (χ3n) is 7.79. The van der Waals surface area contributed by atoms with Gasteiger partial charge in [-0.25, -0.2) is 9.59 Å². The Balaban J connectivity index is 1.41. The second kappa shape index (κ2) is 12.6. The fourth-order valence-corrected chi connectivity index (χ4v) is 5.65. The lowest BCUT2D eigenvalue weighted by Crippen LogP contribution is -2.58. The molecule has 0 saturated carbocycles. The van der Waals surface area contributed by atoms with E-state index in [0.717, 1.165) is 11.1 Å². The van der Waals surface area contributed by atoms with Gasteiger partial charge in [0.2, 0.25) is 0 Å². The maximum absolute atomic E-state index is 14.1. The molecule has 1 N–H and O–H groups in total. The van der Waals surface area contributed by atoms with Crippen molar-refractivity contribution in [3.05, 3.63) is 107 Å². The molecule has 0 bridgehead atoms. The Bertz CT molecular complexity index is 1390. The zero-order valence-electron chi connectivity index (χ0n) is 24.1. The van der Waals surface area contributed by atoms with Crippen LogP contribution in [-0.2, 0) is 19.1 Å². The average molecular weight is 569 g/mol. The first-order valence-electron chi connectivity index (χ1n) is 14.1. The van der Waals surface area contributed by atoms with Crippen LogP contribution in [0.1, 0.15) is 36.3 Å². The molecule has 0 radical (unpaired) electrons. The molecule has 0 aliphatic carbocycles. The predicted octanol–water partition coefficient (Wildman–Crippen LogP) is 4.08. The quantitative estimate of drug-likeness (QED) is 0.224. The van der Waals surface area contributed by atoms with Crippen LogP contribution in [0, 0.1) is 5.41 Å². The highest BCUT2D eigenvalue weighted by molar-refractivity contribution is 6.08. The summed E-state index contributed by atoms with van der Waals surface area (Å²) in [5.41, 5.74) is 1.99. The predicted molar refractivity (Wildman–Crippen MR) is 158 cm³/mol. The lowest BCUT2D eigenvalue weighted by molar-refractivity contribution is -0.163.